The molecule has 1 amide bonds. The summed E-state index contributed by atoms with van der Waals surface area (Å²) in [6.07, 6.45) is 4.69. The molecule has 0 saturated carbocycles. The van der Waals surface area contributed by atoms with Crippen molar-refractivity contribution < 1.29 is 14.3 Å². The lowest BCUT2D eigenvalue weighted by Gasteiger charge is -2.25. The molecule has 9 heteroatoms. The number of ether oxygens (including phenoxy) is 2. The fourth-order valence-corrected chi connectivity index (χ4v) is 6.03. The maximum atomic E-state index is 12.2. The predicted molar refractivity (Wildman–Crippen MR) is 116 cm³/mol. The number of methoxy groups -OCH3 is 1. The van der Waals surface area contributed by atoms with E-state index in [0.29, 0.717) is 18.9 Å². The second-order valence-electron chi connectivity index (χ2n) is 7.36. The van der Waals surface area contributed by atoms with Crippen LogP contribution < -0.4 is 5.32 Å². The molecule has 0 unspecified atom stereocenters. The Hall–Kier alpha value is -1.26. The monoisotopic (exact) mass is 436 g/mol. The average molecular weight is 437 g/mol. The molecule has 2 aliphatic rings. The molecule has 1 N–H and O–H groups in total. The van der Waals surface area contributed by atoms with Gasteiger partial charge >= 0.3 is 0 Å². The van der Waals surface area contributed by atoms with Crippen molar-refractivity contribution >= 4 is 39.2 Å². The van der Waals surface area contributed by atoms with Gasteiger partial charge in [0.1, 0.15) is 15.7 Å². The summed E-state index contributed by atoms with van der Waals surface area (Å²) in [6.45, 7) is 5.13. The highest BCUT2D eigenvalue weighted by atomic mass is 32.2. The van der Waals surface area contributed by atoms with Crippen LogP contribution in [-0.4, -0.2) is 73.1 Å². The Morgan fingerprint density at radius 2 is 2.10 bits per heavy atom. The molecule has 1 aliphatic heterocycles. The lowest BCUT2D eigenvalue weighted by atomic mass is 9.97. The zero-order valence-electron chi connectivity index (χ0n) is 16.9. The van der Waals surface area contributed by atoms with Gasteiger partial charge in [0.15, 0.2) is 0 Å². The highest BCUT2D eigenvalue weighted by Crippen LogP contribution is 2.39. The third-order valence-electron chi connectivity index (χ3n) is 5.26. The van der Waals surface area contributed by atoms with Crippen LogP contribution in [0.5, 0.6) is 0 Å². The van der Waals surface area contributed by atoms with Crippen molar-refractivity contribution in [2.75, 3.05) is 52.3 Å². The van der Waals surface area contributed by atoms with Crippen molar-refractivity contribution in [1.29, 1.82) is 0 Å². The highest BCUT2D eigenvalue weighted by Gasteiger charge is 2.22. The van der Waals surface area contributed by atoms with Crippen molar-refractivity contribution in [2.24, 2.45) is 0 Å². The third kappa shape index (κ3) is 5.27. The van der Waals surface area contributed by atoms with Crippen LogP contribution >= 0.6 is 23.1 Å². The maximum absolute atomic E-state index is 12.2. The molecular weight excluding hydrogens is 408 g/mol. The van der Waals surface area contributed by atoms with Crippen molar-refractivity contribution in [2.45, 2.75) is 37.3 Å². The zero-order chi connectivity index (χ0) is 20.1. The Kier molecular flexibility index (Phi) is 7.36. The van der Waals surface area contributed by atoms with Crippen LogP contribution in [0.2, 0.25) is 0 Å². The average Bonchev–Trinajstić information content (AvgIpc) is 3.11. The van der Waals surface area contributed by atoms with Gasteiger partial charge in [0.25, 0.3) is 0 Å². The van der Waals surface area contributed by atoms with E-state index in [9.17, 15) is 4.79 Å². The summed E-state index contributed by atoms with van der Waals surface area (Å²) in [5.41, 5.74) is 1.41. The number of aryl methyl sites for hydroxylation is 2. The van der Waals surface area contributed by atoms with Crippen molar-refractivity contribution in [3.63, 3.8) is 0 Å². The van der Waals surface area contributed by atoms with E-state index in [4.69, 9.17) is 19.4 Å². The molecule has 2 aromatic heterocycles. The molecule has 2 aromatic rings. The van der Waals surface area contributed by atoms with Gasteiger partial charge in [-0.1, -0.05) is 11.8 Å². The summed E-state index contributed by atoms with van der Waals surface area (Å²) < 4.78 is 10.5. The van der Waals surface area contributed by atoms with Crippen LogP contribution in [0.3, 0.4) is 0 Å². The van der Waals surface area contributed by atoms with Crippen LogP contribution in [0.25, 0.3) is 10.2 Å². The maximum Gasteiger partial charge on any atom is 0.230 e. The van der Waals surface area contributed by atoms with E-state index in [2.05, 4.69) is 10.2 Å². The number of carbonyl (C=O) groups is 1. The number of morpholine rings is 1. The lowest BCUT2D eigenvalue weighted by Crippen LogP contribution is -2.36. The van der Waals surface area contributed by atoms with E-state index in [0.717, 1.165) is 61.4 Å². The number of aromatic nitrogens is 2. The Balaban J connectivity index is 1.56. The summed E-state index contributed by atoms with van der Waals surface area (Å²) in [7, 11) is 1.63. The molecule has 3 heterocycles. The van der Waals surface area contributed by atoms with Crippen molar-refractivity contribution in [3.8, 4) is 0 Å². The van der Waals surface area contributed by atoms with E-state index >= 15 is 0 Å². The number of nitrogens with one attached hydrogen (secondary N) is 1. The zero-order valence-corrected chi connectivity index (χ0v) is 18.5. The molecule has 29 heavy (non-hydrogen) atoms. The van der Waals surface area contributed by atoms with Crippen LogP contribution in [0.4, 0.5) is 0 Å². The van der Waals surface area contributed by atoms with Crippen molar-refractivity contribution in [1.82, 2.24) is 20.2 Å². The number of thiophene rings is 1. The largest absolute Gasteiger partial charge is 0.383 e. The number of rotatable bonds is 8. The molecule has 1 aliphatic carbocycles. The summed E-state index contributed by atoms with van der Waals surface area (Å²) >= 11 is 3.35. The molecule has 1 saturated heterocycles. The summed E-state index contributed by atoms with van der Waals surface area (Å²) in [5, 5.41) is 5.03. The van der Waals surface area contributed by atoms with E-state index in [1.165, 1.54) is 40.4 Å². The van der Waals surface area contributed by atoms with E-state index in [1.54, 1.807) is 7.11 Å². The van der Waals surface area contributed by atoms with E-state index in [1.807, 2.05) is 11.3 Å². The minimum Gasteiger partial charge on any atom is -0.383 e. The molecule has 158 valence electrons. The number of thioether (sulfide) groups is 1. The van der Waals surface area contributed by atoms with Gasteiger partial charge in [0.2, 0.25) is 5.91 Å². The normalized spacial score (nSPS) is 17.4. The first-order valence-corrected chi connectivity index (χ1v) is 12.0. The van der Waals surface area contributed by atoms with Gasteiger partial charge in [-0.05, 0) is 31.2 Å². The highest BCUT2D eigenvalue weighted by molar-refractivity contribution is 8.00. The molecule has 0 bridgehead atoms. The van der Waals surface area contributed by atoms with Crippen LogP contribution in [0.1, 0.15) is 29.1 Å². The van der Waals surface area contributed by atoms with Gasteiger partial charge in [-0.2, -0.15) is 0 Å². The Bertz CT molecular complexity index is 852. The van der Waals surface area contributed by atoms with Gasteiger partial charge in [0.05, 0.1) is 32.1 Å². The molecule has 0 atom stereocenters. The van der Waals surface area contributed by atoms with E-state index < -0.39 is 0 Å². The number of hydrogen-bond acceptors (Lipinski definition) is 8. The molecule has 0 aromatic carbocycles. The van der Waals surface area contributed by atoms with Crippen LogP contribution in [-0.2, 0) is 33.7 Å². The molecule has 0 radical (unpaired) electrons. The lowest BCUT2D eigenvalue weighted by molar-refractivity contribution is -0.118. The standard InChI is InChI=1S/C20H28N4O3S2/c1-26-9-6-21-17(25)13-28-19-18-14-4-2-3-5-15(14)29-20(18)23-16(22-19)12-24-7-10-27-11-8-24/h2-13H2,1H3,(H,21,25). The smallest absolute Gasteiger partial charge is 0.230 e. The second-order valence-corrected chi connectivity index (χ2v) is 9.40. The van der Waals surface area contributed by atoms with Gasteiger partial charge < -0.3 is 14.8 Å². The number of carbonyl (C=O) groups excluding carboxylic acids is 1. The minimum absolute atomic E-state index is 0.0117. The van der Waals surface area contributed by atoms with Gasteiger partial charge in [0, 0.05) is 37.0 Å². The molecule has 4 rings (SSSR count). The number of hydrogen-bond donors (Lipinski definition) is 1. The number of fused-ring (bicyclic) bond motifs is 3. The van der Waals surface area contributed by atoms with Crippen molar-refractivity contribution in [3.05, 3.63) is 16.3 Å². The summed E-state index contributed by atoms with van der Waals surface area (Å²) in [5.74, 6) is 1.22. The SMILES string of the molecule is COCCNC(=O)CSc1nc(CN2CCOCC2)nc2sc3c(c12)CCCC3. The summed E-state index contributed by atoms with van der Waals surface area (Å²) in [4.78, 5) is 26.9. The fourth-order valence-electron chi connectivity index (χ4n) is 3.78. The van der Waals surface area contributed by atoms with Gasteiger partial charge in [-0.15, -0.1) is 11.3 Å². The molecular formula is C20H28N4O3S2. The number of nitrogens with zero attached hydrogens (tertiary/aromatic N) is 3. The minimum atomic E-state index is 0.0117. The topological polar surface area (TPSA) is 76.6 Å². The Morgan fingerprint density at radius 1 is 1.28 bits per heavy atom. The fraction of sp³-hybridized carbons (Fsp3) is 0.650. The number of amides is 1. The summed E-state index contributed by atoms with van der Waals surface area (Å²) in [6, 6.07) is 0. The Labute approximate surface area is 179 Å². The van der Waals surface area contributed by atoms with Gasteiger partial charge in [-0.3, -0.25) is 9.69 Å². The Morgan fingerprint density at radius 3 is 2.93 bits per heavy atom. The molecule has 1 fully saturated rings. The first-order chi connectivity index (χ1) is 14.2. The second kappa shape index (κ2) is 10.2. The van der Waals surface area contributed by atoms with Crippen LogP contribution in [0.15, 0.2) is 5.03 Å². The third-order valence-corrected chi connectivity index (χ3v) is 7.43. The quantitative estimate of drug-likeness (QED) is 0.386. The van der Waals surface area contributed by atoms with Gasteiger partial charge in [-0.25, -0.2) is 9.97 Å². The van der Waals surface area contributed by atoms with E-state index in [-0.39, 0.29) is 5.91 Å². The van der Waals surface area contributed by atoms with Crippen LogP contribution in [0, 0.1) is 0 Å². The first kappa shape index (κ1) is 21.0. The molecule has 7 nitrogen and oxygen atoms in total. The molecule has 0 spiro atoms. The predicted octanol–water partition coefficient (Wildman–Crippen LogP) is 2.26. The first-order valence-electron chi connectivity index (χ1n) is 10.2.